The van der Waals surface area contributed by atoms with Crippen molar-refractivity contribution in [2.45, 2.75) is 52.9 Å². The van der Waals surface area contributed by atoms with Gasteiger partial charge in [0.15, 0.2) is 5.75 Å². The van der Waals surface area contributed by atoms with Crippen molar-refractivity contribution in [3.8, 4) is 17.2 Å². The number of pyridine rings is 1. The van der Waals surface area contributed by atoms with Crippen LogP contribution >= 0.6 is 11.3 Å². The molecule has 4 aromatic rings. The van der Waals surface area contributed by atoms with E-state index >= 15 is 0 Å². The molecule has 8 nitrogen and oxygen atoms in total. The van der Waals surface area contributed by atoms with Crippen LogP contribution in [0.25, 0.3) is 15.9 Å². The van der Waals surface area contributed by atoms with Crippen LogP contribution in [0.1, 0.15) is 60.0 Å². The highest BCUT2D eigenvalue weighted by Gasteiger charge is 2.42. The molecule has 0 saturated heterocycles. The van der Waals surface area contributed by atoms with Gasteiger partial charge in [0.1, 0.15) is 11.6 Å². The van der Waals surface area contributed by atoms with Gasteiger partial charge < -0.3 is 14.6 Å². The number of thiophene rings is 1. The molecular weight excluding hydrogens is 565 g/mol. The number of aromatic nitrogens is 1. The molecule has 1 fully saturated rings. The fourth-order valence-electron chi connectivity index (χ4n) is 4.82. The molecule has 2 aromatic carbocycles. The molecule has 5 rings (SSSR count). The Bertz CT molecular complexity index is 1830. The summed E-state index contributed by atoms with van der Waals surface area (Å²) >= 11 is 1.13. The lowest BCUT2D eigenvalue weighted by molar-refractivity contribution is 0.0960. The fraction of sp³-hybridized carbons (Fsp3) is 0.333. The lowest BCUT2D eigenvalue weighted by Gasteiger charge is -2.20. The molecule has 0 radical (unpaired) electrons. The third-order valence-corrected chi connectivity index (χ3v) is 9.83. The average Bonchev–Trinajstić information content (AvgIpc) is 3.48. The van der Waals surface area contributed by atoms with Gasteiger partial charge in [0.2, 0.25) is 15.5 Å². The first kappa shape index (κ1) is 28.8. The summed E-state index contributed by atoms with van der Waals surface area (Å²) in [6, 6.07) is 9.32. The maximum Gasteiger partial charge on any atom is 0.261 e. The zero-order chi connectivity index (χ0) is 29.7. The molecule has 1 amide bonds. The van der Waals surface area contributed by atoms with Gasteiger partial charge in [0.05, 0.1) is 32.2 Å². The van der Waals surface area contributed by atoms with Crippen molar-refractivity contribution in [3.05, 3.63) is 80.2 Å². The van der Waals surface area contributed by atoms with E-state index in [9.17, 15) is 22.4 Å². The topological polar surface area (TPSA) is 107 Å². The molecule has 1 aliphatic carbocycles. The van der Waals surface area contributed by atoms with Gasteiger partial charge in [-0.05, 0) is 93.5 Å². The molecule has 2 heterocycles. The number of fused-ring (bicyclic) bond motifs is 1. The van der Waals surface area contributed by atoms with Crippen LogP contribution in [0, 0.1) is 19.7 Å². The van der Waals surface area contributed by atoms with E-state index in [1.807, 2.05) is 13.8 Å². The number of ether oxygens (including phenoxy) is 1. The summed E-state index contributed by atoms with van der Waals surface area (Å²) in [5.74, 6) is 0.0638. The summed E-state index contributed by atoms with van der Waals surface area (Å²) in [6.45, 7) is 9.33. The summed E-state index contributed by atoms with van der Waals surface area (Å²) < 4.78 is 50.1. The van der Waals surface area contributed by atoms with Crippen LogP contribution in [0.5, 0.6) is 11.5 Å². The van der Waals surface area contributed by atoms with Gasteiger partial charge in [0, 0.05) is 18.3 Å². The van der Waals surface area contributed by atoms with Crippen molar-refractivity contribution in [2.75, 3.05) is 17.0 Å². The van der Waals surface area contributed by atoms with Gasteiger partial charge in [-0.25, -0.2) is 12.8 Å². The maximum atomic E-state index is 14.0. The Kier molecular flexibility index (Phi) is 7.46. The zero-order valence-corrected chi connectivity index (χ0v) is 25.2. The van der Waals surface area contributed by atoms with E-state index < -0.39 is 10.0 Å². The van der Waals surface area contributed by atoms with Gasteiger partial charge in [-0.1, -0.05) is 6.92 Å². The molecule has 1 saturated carbocycles. The van der Waals surface area contributed by atoms with Gasteiger partial charge >= 0.3 is 0 Å². The number of nitrogens with zero attached hydrogens (tertiary/aromatic N) is 1. The Morgan fingerprint density at radius 1 is 1.12 bits per heavy atom. The van der Waals surface area contributed by atoms with Crippen molar-refractivity contribution >= 4 is 43.2 Å². The Hall–Kier alpha value is -3.70. The van der Waals surface area contributed by atoms with Crippen LogP contribution < -0.4 is 20.2 Å². The summed E-state index contributed by atoms with van der Waals surface area (Å²) in [7, 11) is -3.59. The predicted octanol–water partition coefficient (Wildman–Crippen LogP) is 6.16. The molecule has 0 aliphatic heterocycles. The Morgan fingerprint density at radius 2 is 1.80 bits per heavy atom. The van der Waals surface area contributed by atoms with Crippen molar-refractivity contribution in [2.24, 2.45) is 0 Å². The number of carbonyl (C=O) groups excluding carboxylic acids is 1. The third-order valence-electron chi connectivity index (χ3n) is 7.40. The van der Waals surface area contributed by atoms with E-state index in [0.717, 1.165) is 24.2 Å². The van der Waals surface area contributed by atoms with Gasteiger partial charge in [0.25, 0.3) is 5.91 Å². The lowest BCUT2D eigenvalue weighted by Crippen LogP contribution is -2.21. The first-order valence-electron chi connectivity index (χ1n) is 13.4. The SMILES string of the molecule is CCNC(=O)c1cc2c(s1)c(=O)c(C1(C)CC1)cn2-c1cc(NS(=O)(=O)CC)ccc1Oc1c(C)cc(F)cc1C. The normalized spacial score (nSPS) is 14.2. The number of sulfonamides is 1. The van der Waals surface area contributed by atoms with Crippen LogP contribution in [0.15, 0.2) is 47.4 Å². The van der Waals surface area contributed by atoms with Crippen molar-refractivity contribution < 1.29 is 22.3 Å². The number of rotatable bonds is 9. The number of benzene rings is 2. The lowest BCUT2D eigenvalue weighted by atomic mass is 9.99. The molecule has 0 bridgehead atoms. The number of amides is 1. The molecule has 0 unspecified atom stereocenters. The van der Waals surface area contributed by atoms with E-state index in [-0.39, 0.29) is 28.3 Å². The Balaban J connectivity index is 1.79. The molecule has 0 spiro atoms. The van der Waals surface area contributed by atoms with E-state index in [2.05, 4.69) is 10.0 Å². The molecule has 1 aliphatic rings. The number of hydrogen-bond donors (Lipinski definition) is 2. The van der Waals surface area contributed by atoms with Crippen LogP contribution in [0.3, 0.4) is 0 Å². The summed E-state index contributed by atoms with van der Waals surface area (Å²) in [5.41, 5.74) is 2.66. The molecule has 11 heteroatoms. The molecule has 2 N–H and O–H groups in total. The largest absolute Gasteiger partial charge is 0.455 e. The van der Waals surface area contributed by atoms with E-state index in [0.29, 0.717) is 61.2 Å². The van der Waals surface area contributed by atoms with Gasteiger partial charge in [-0.3, -0.25) is 14.3 Å². The Morgan fingerprint density at radius 3 is 2.41 bits per heavy atom. The minimum absolute atomic E-state index is 0.111. The number of anilines is 1. The second-order valence-electron chi connectivity index (χ2n) is 10.6. The Labute approximate surface area is 242 Å². The van der Waals surface area contributed by atoms with Gasteiger partial charge in [-0.15, -0.1) is 11.3 Å². The third kappa shape index (κ3) is 5.60. The molecule has 216 valence electrons. The average molecular weight is 598 g/mol. The van der Waals surface area contributed by atoms with Crippen LogP contribution in [-0.4, -0.2) is 31.2 Å². The first-order chi connectivity index (χ1) is 19.4. The highest BCUT2D eigenvalue weighted by molar-refractivity contribution is 7.92. The van der Waals surface area contributed by atoms with Crippen molar-refractivity contribution in [1.29, 1.82) is 0 Å². The number of aryl methyl sites for hydroxylation is 2. The van der Waals surface area contributed by atoms with Crippen LogP contribution in [0.4, 0.5) is 10.1 Å². The second-order valence-corrected chi connectivity index (χ2v) is 13.7. The monoisotopic (exact) mass is 597 g/mol. The molecule has 0 atom stereocenters. The van der Waals surface area contributed by atoms with Crippen molar-refractivity contribution in [1.82, 2.24) is 9.88 Å². The van der Waals surface area contributed by atoms with Crippen molar-refractivity contribution in [3.63, 3.8) is 0 Å². The summed E-state index contributed by atoms with van der Waals surface area (Å²) in [4.78, 5) is 26.9. The highest BCUT2D eigenvalue weighted by atomic mass is 32.2. The quantitative estimate of drug-likeness (QED) is 0.240. The van der Waals surface area contributed by atoms with E-state index in [1.165, 1.54) is 12.1 Å². The van der Waals surface area contributed by atoms with E-state index in [4.69, 9.17) is 4.74 Å². The standard InChI is InChI=1S/C30H32FN3O5S2/c1-6-32-29(36)25-15-23-28(40-25)26(35)21(30(5)10-11-30)16-34(23)22-14-20(33-41(37,38)7-2)8-9-24(22)39-27-17(3)12-19(31)13-18(27)4/h8-9,12-16,33H,6-7,10-11H2,1-5H3,(H,32,36). The fourth-order valence-corrected chi connectivity index (χ4v) is 6.47. The molecular formula is C30H32FN3O5S2. The maximum absolute atomic E-state index is 14.0. The summed E-state index contributed by atoms with van der Waals surface area (Å²) in [5, 5.41) is 2.79. The number of carbonyl (C=O) groups is 1. The number of nitrogens with one attached hydrogen (secondary N) is 2. The molecule has 2 aromatic heterocycles. The number of halogens is 1. The summed E-state index contributed by atoms with van der Waals surface area (Å²) in [6.07, 6.45) is 3.49. The van der Waals surface area contributed by atoms with E-state index in [1.54, 1.807) is 55.8 Å². The van der Waals surface area contributed by atoms with Crippen LogP contribution in [0.2, 0.25) is 0 Å². The minimum Gasteiger partial charge on any atom is -0.455 e. The predicted molar refractivity (Wildman–Crippen MR) is 161 cm³/mol. The van der Waals surface area contributed by atoms with Gasteiger partial charge in [-0.2, -0.15) is 0 Å². The minimum atomic E-state index is -3.59. The zero-order valence-electron chi connectivity index (χ0n) is 23.6. The second kappa shape index (κ2) is 10.6. The first-order valence-corrected chi connectivity index (χ1v) is 15.9. The highest BCUT2D eigenvalue weighted by Crippen LogP contribution is 2.47. The smallest absolute Gasteiger partial charge is 0.261 e. The number of hydrogen-bond acceptors (Lipinski definition) is 6. The molecule has 41 heavy (non-hydrogen) atoms. The van der Waals surface area contributed by atoms with Crippen LogP contribution in [-0.2, 0) is 15.4 Å².